The lowest BCUT2D eigenvalue weighted by Crippen LogP contribution is -2.58. The van der Waals surface area contributed by atoms with E-state index in [4.69, 9.17) is 17.2 Å². The third kappa shape index (κ3) is 8.22. The Labute approximate surface area is 201 Å². The van der Waals surface area contributed by atoms with E-state index in [9.17, 15) is 29.4 Å². The predicted molar refractivity (Wildman–Crippen MR) is 123 cm³/mol. The summed E-state index contributed by atoms with van der Waals surface area (Å²) in [6.45, 7) is -0.358. The monoisotopic (exact) mass is 495 g/mol. The molecule has 1 aliphatic rings. The summed E-state index contributed by atoms with van der Waals surface area (Å²) in [5.74, 6) is -3.35. The van der Waals surface area contributed by atoms with Crippen molar-refractivity contribution in [2.24, 2.45) is 22.2 Å². The van der Waals surface area contributed by atoms with Crippen LogP contribution in [-0.4, -0.2) is 98.6 Å². The minimum Gasteiger partial charge on any atom is -0.480 e. The van der Waals surface area contributed by atoms with E-state index in [1.807, 2.05) is 0 Å². The molecule has 1 aromatic rings. The summed E-state index contributed by atoms with van der Waals surface area (Å²) in [5.41, 5.74) is 17.2. The third-order valence-electron chi connectivity index (χ3n) is 5.53. The van der Waals surface area contributed by atoms with E-state index in [0.717, 1.165) is 4.90 Å². The number of nitrogens with one attached hydrogen (secondary N) is 3. The quantitative estimate of drug-likeness (QED) is 0.0756. The molecule has 11 N–H and O–H groups in total. The summed E-state index contributed by atoms with van der Waals surface area (Å²) in [6, 6.07) is -4.50. The molecule has 15 heteroatoms. The molecule has 35 heavy (non-hydrogen) atoms. The first-order valence-electron chi connectivity index (χ1n) is 11.2. The second-order valence-electron chi connectivity index (χ2n) is 8.17. The smallest absolute Gasteiger partial charge is 0.326 e. The van der Waals surface area contributed by atoms with E-state index < -0.39 is 54.5 Å². The van der Waals surface area contributed by atoms with Crippen LogP contribution >= 0.6 is 0 Å². The number of nitrogens with two attached hydrogens (primary N) is 3. The number of amides is 3. The predicted octanol–water partition coefficient (Wildman–Crippen LogP) is -3.63. The second kappa shape index (κ2) is 13.2. The topological polar surface area (TPSA) is 255 Å². The van der Waals surface area contributed by atoms with Gasteiger partial charge in [-0.25, -0.2) is 9.78 Å². The molecule has 0 radical (unpaired) electrons. The molecule has 1 saturated heterocycles. The second-order valence-corrected chi connectivity index (χ2v) is 8.17. The van der Waals surface area contributed by atoms with E-state index in [1.165, 1.54) is 12.5 Å². The van der Waals surface area contributed by atoms with Gasteiger partial charge in [0.2, 0.25) is 17.7 Å². The van der Waals surface area contributed by atoms with Gasteiger partial charge in [-0.15, -0.1) is 0 Å². The van der Waals surface area contributed by atoms with Gasteiger partial charge in [-0.3, -0.25) is 19.4 Å². The van der Waals surface area contributed by atoms with Crippen LogP contribution in [0.5, 0.6) is 0 Å². The van der Waals surface area contributed by atoms with Crippen LogP contribution in [0, 0.1) is 0 Å². The number of imidazole rings is 1. The molecular weight excluding hydrogens is 462 g/mol. The number of likely N-dealkylation sites (tertiary alicyclic amines) is 1. The maximum atomic E-state index is 13.0. The van der Waals surface area contributed by atoms with E-state index in [0.29, 0.717) is 18.5 Å². The molecule has 4 atom stereocenters. The Kier molecular flexibility index (Phi) is 10.4. The summed E-state index contributed by atoms with van der Waals surface area (Å²) in [7, 11) is 0. The molecule has 194 valence electrons. The number of aliphatic imine (C=N–C) groups is 1. The van der Waals surface area contributed by atoms with Gasteiger partial charge in [0, 0.05) is 31.4 Å². The number of aromatic amines is 1. The summed E-state index contributed by atoms with van der Waals surface area (Å²) in [6.07, 6.45) is 4.32. The lowest BCUT2D eigenvalue weighted by atomic mass is 10.1. The Hall–Kier alpha value is -3.72. The average molecular weight is 496 g/mol. The zero-order valence-electron chi connectivity index (χ0n) is 19.2. The molecule has 0 saturated carbocycles. The molecule has 0 bridgehead atoms. The molecule has 2 heterocycles. The average Bonchev–Trinajstić information content (AvgIpc) is 3.50. The zero-order chi connectivity index (χ0) is 26.0. The van der Waals surface area contributed by atoms with E-state index >= 15 is 0 Å². The van der Waals surface area contributed by atoms with Gasteiger partial charge in [0.05, 0.1) is 19.0 Å². The van der Waals surface area contributed by atoms with Crippen molar-refractivity contribution in [2.75, 3.05) is 19.7 Å². The van der Waals surface area contributed by atoms with Crippen LogP contribution in [0.2, 0.25) is 0 Å². The molecule has 1 fully saturated rings. The van der Waals surface area contributed by atoms with Crippen LogP contribution in [0.4, 0.5) is 0 Å². The van der Waals surface area contributed by atoms with Crippen LogP contribution in [0.1, 0.15) is 31.4 Å². The highest BCUT2D eigenvalue weighted by Gasteiger charge is 2.38. The van der Waals surface area contributed by atoms with Gasteiger partial charge in [0.15, 0.2) is 5.96 Å². The Balaban J connectivity index is 2.07. The number of aliphatic carboxylic acids is 1. The Bertz CT molecular complexity index is 903. The summed E-state index contributed by atoms with van der Waals surface area (Å²) >= 11 is 0. The number of aromatic nitrogens is 2. The number of guanidine groups is 1. The van der Waals surface area contributed by atoms with Crippen molar-refractivity contribution >= 4 is 29.7 Å². The van der Waals surface area contributed by atoms with Crippen LogP contribution < -0.4 is 27.8 Å². The zero-order valence-corrected chi connectivity index (χ0v) is 19.2. The fraction of sp³-hybridized carbons (Fsp3) is 0.600. The third-order valence-corrected chi connectivity index (χ3v) is 5.53. The lowest BCUT2D eigenvalue weighted by molar-refractivity contribution is -0.150. The highest BCUT2D eigenvalue weighted by atomic mass is 16.4. The lowest BCUT2D eigenvalue weighted by Gasteiger charge is -2.28. The summed E-state index contributed by atoms with van der Waals surface area (Å²) in [4.78, 5) is 61.5. The molecule has 1 aromatic heterocycles. The largest absolute Gasteiger partial charge is 0.480 e. The normalized spacial score (nSPS) is 17.8. The fourth-order valence-corrected chi connectivity index (χ4v) is 3.72. The van der Waals surface area contributed by atoms with Gasteiger partial charge in [0.25, 0.3) is 0 Å². The van der Waals surface area contributed by atoms with E-state index in [2.05, 4.69) is 25.6 Å². The molecule has 4 unspecified atom stereocenters. The van der Waals surface area contributed by atoms with E-state index in [-0.39, 0.29) is 38.3 Å². The number of carboxylic acid groups (broad SMARTS) is 1. The Morgan fingerprint density at radius 2 is 1.94 bits per heavy atom. The summed E-state index contributed by atoms with van der Waals surface area (Å²) < 4.78 is 0. The van der Waals surface area contributed by atoms with Crippen molar-refractivity contribution < 1.29 is 29.4 Å². The van der Waals surface area contributed by atoms with Crippen molar-refractivity contribution in [1.29, 1.82) is 0 Å². The minimum atomic E-state index is -1.38. The minimum absolute atomic E-state index is 0.110. The van der Waals surface area contributed by atoms with Gasteiger partial charge in [-0.2, -0.15) is 0 Å². The number of aliphatic hydroxyl groups is 1. The first-order chi connectivity index (χ1) is 16.6. The van der Waals surface area contributed by atoms with Crippen molar-refractivity contribution in [3.63, 3.8) is 0 Å². The summed E-state index contributed by atoms with van der Waals surface area (Å²) in [5, 5.41) is 24.0. The first kappa shape index (κ1) is 27.5. The molecule has 0 aromatic carbocycles. The SMILES string of the molecule is NC(N)=NCCCC(NC(=O)C(N)Cc1cnc[nH]1)C(=O)NC(CO)C(=O)N1CCCC1C(=O)O. The molecular formula is C20H33N9O6. The van der Waals surface area contributed by atoms with Gasteiger partial charge in [-0.1, -0.05) is 0 Å². The fourth-order valence-electron chi connectivity index (χ4n) is 3.72. The Morgan fingerprint density at radius 3 is 2.54 bits per heavy atom. The maximum absolute atomic E-state index is 13.0. The van der Waals surface area contributed by atoms with Crippen LogP contribution in [-0.2, 0) is 25.6 Å². The number of rotatable bonds is 13. The first-order valence-corrected chi connectivity index (χ1v) is 11.2. The molecule has 2 rings (SSSR count). The molecule has 1 aliphatic heterocycles. The molecule has 15 nitrogen and oxygen atoms in total. The number of hydrogen-bond acceptors (Lipinski definition) is 8. The highest BCUT2D eigenvalue weighted by Crippen LogP contribution is 2.18. The highest BCUT2D eigenvalue weighted by molar-refractivity contribution is 5.94. The van der Waals surface area contributed by atoms with E-state index in [1.54, 1.807) is 0 Å². The number of carbonyl (C=O) groups is 4. The van der Waals surface area contributed by atoms with Crippen LogP contribution in [0.3, 0.4) is 0 Å². The van der Waals surface area contributed by atoms with Crippen molar-refractivity contribution in [3.8, 4) is 0 Å². The molecule has 0 spiro atoms. The molecule has 0 aliphatic carbocycles. The maximum Gasteiger partial charge on any atom is 0.326 e. The van der Waals surface area contributed by atoms with Crippen molar-refractivity contribution in [2.45, 2.75) is 56.3 Å². The Morgan fingerprint density at radius 1 is 1.23 bits per heavy atom. The standard InChI is InChI=1S/C20H33N9O6/c21-12(7-11-8-24-10-26-11)16(31)27-13(3-1-5-25-20(22)23)17(32)28-14(9-30)18(33)29-6-2-4-15(29)19(34)35/h8,10,12-15,30H,1-7,9,21H2,(H,24,26)(H,27,31)(H,28,32)(H,34,35)(H4,22,23,25). The number of nitrogens with zero attached hydrogens (tertiary/aromatic N) is 3. The van der Waals surface area contributed by atoms with Crippen molar-refractivity contribution in [3.05, 3.63) is 18.2 Å². The van der Waals surface area contributed by atoms with Gasteiger partial charge >= 0.3 is 5.97 Å². The number of hydrogen-bond donors (Lipinski definition) is 8. The number of carboxylic acids is 1. The van der Waals surface area contributed by atoms with Crippen molar-refractivity contribution in [1.82, 2.24) is 25.5 Å². The molecule has 3 amide bonds. The number of H-pyrrole nitrogens is 1. The number of aliphatic hydroxyl groups excluding tert-OH is 1. The van der Waals surface area contributed by atoms with Crippen LogP contribution in [0.15, 0.2) is 17.5 Å². The van der Waals surface area contributed by atoms with Gasteiger partial charge in [-0.05, 0) is 25.7 Å². The number of carbonyl (C=O) groups excluding carboxylic acids is 3. The van der Waals surface area contributed by atoms with Gasteiger partial charge < -0.3 is 47.9 Å². The van der Waals surface area contributed by atoms with Crippen LogP contribution in [0.25, 0.3) is 0 Å². The van der Waals surface area contributed by atoms with Gasteiger partial charge in [0.1, 0.15) is 18.1 Å².